The average molecular weight is 1350 g/mol. The average Bonchev–Trinajstić information content (AvgIpc) is 0.807. The summed E-state index contributed by atoms with van der Waals surface area (Å²) >= 11 is 0. The molecule has 0 aliphatic rings. The van der Waals surface area contributed by atoms with Gasteiger partial charge >= 0.3 is 0 Å². The number of benzene rings is 6. The fourth-order valence-corrected chi connectivity index (χ4v) is 12.3. The Hall–Kier alpha value is -9.78. The predicted molar refractivity (Wildman–Crippen MR) is 435 cm³/mol. The van der Waals surface area contributed by atoms with Gasteiger partial charge in [0.1, 0.15) is 42.3 Å². The van der Waals surface area contributed by atoms with Gasteiger partial charge in [0, 0.05) is 114 Å². The lowest BCUT2D eigenvalue weighted by atomic mass is 9.97. The molecule has 6 heterocycles. The van der Waals surface area contributed by atoms with Gasteiger partial charge in [-0.25, -0.2) is 22.8 Å². The van der Waals surface area contributed by atoms with Gasteiger partial charge < -0.3 is 0 Å². The zero-order valence-corrected chi connectivity index (χ0v) is 60.1. The van der Waals surface area contributed by atoms with Crippen molar-refractivity contribution in [2.45, 2.75) is 155 Å². The monoisotopic (exact) mass is 1340 g/mol. The molecule has 0 bridgehead atoms. The van der Waals surface area contributed by atoms with Gasteiger partial charge in [-0.15, -0.1) is 0 Å². The maximum absolute atomic E-state index is 7.41. The zero-order chi connectivity index (χ0) is 71.0. The molecule has 0 saturated carbocycles. The standard InChI is InChI=1S/C16H20N.2C15H18N.3C14H16N.6CH4/c1-11-8-6-7-9-15(11)16-14(4)13(3)12(2)10-17(16)5;1-11-9-13(3)15(16(4)10-11)14-8-6-5-7-12(14)2;1-11-7-5-6-8-14(11)15-9-12(2)13(3)10-16(15)4;1-11-7-4-5-9-13(11)14-12(2)8-6-10-15(14)3;1-11-7-4-5-9-13(11)14-10-6-8-12(2)15(14)3;1-11-8-9-14(15(3)10-11)13-7-5-4-6-12(13)2;;;;;;/h6-10H,1-5H3;2*5-10H,1-4H3;3*4-10H,1-3H3;6*1H4/q6*+1;;;;;;/i;;;;;1D3;;;;;;. The van der Waals surface area contributed by atoms with Gasteiger partial charge in [0.15, 0.2) is 36.7 Å². The molecule has 0 aliphatic carbocycles. The Morgan fingerprint density at radius 1 is 0.240 bits per heavy atom. The van der Waals surface area contributed by atoms with Crippen LogP contribution in [0, 0.1) is 111 Å². The first-order valence-electron chi connectivity index (χ1n) is 34.2. The van der Waals surface area contributed by atoms with Crippen molar-refractivity contribution in [1.82, 2.24) is 0 Å². The lowest BCUT2D eigenvalue weighted by Crippen LogP contribution is -2.34. The highest BCUT2D eigenvalue weighted by Crippen LogP contribution is 2.28. The van der Waals surface area contributed by atoms with Crippen LogP contribution in [0.15, 0.2) is 231 Å². The fraction of sp³-hybridized carbons (Fsp3) is 0.298. The third-order valence-corrected chi connectivity index (χ3v) is 18.0. The molecule has 6 heteroatoms. The van der Waals surface area contributed by atoms with Crippen molar-refractivity contribution in [2.24, 2.45) is 42.3 Å². The number of rotatable bonds is 6. The highest BCUT2D eigenvalue weighted by molar-refractivity contribution is 5.67. The number of nitrogens with zero attached hydrogens (tertiary/aromatic N) is 6. The molecule has 6 nitrogen and oxygen atoms in total. The summed E-state index contributed by atoms with van der Waals surface area (Å²) in [5.74, 6) is 0. The molecule has 0 radical (unpaired) electrons. The van der Waals surface area contributed by atoms with E-state index in [4.69, 9.17) is 4.11 Å². The zero-order valence-electron chi connectivity index (χ0n) is 63.1. The molecule has 0 amide bonds. The summed E-state index contributed by atoms with van der Waals surface area (Å²) in [5, 5.41) is 0. The summed E-state index contributed by atoms with van der Waals surface area (Å²) in [4.78, 5) is 0. The van der Waals surface area contributed by atoms with E-state index in [2.05, 4.69) is 344 Å². The van der Waals surface area contributed by atoms with E-state index in [-0.39, 0.29) is 44.6 Å². The van der Waals surface area contributed by atoms with Crippen LogP contribution in [0.1, 0.15) is 138 Å². The van der Waals surface area contributed by atoms with Crippen molar-refractivity contribution in [1.29, 1.82) is 0 Å². The Labute approximate surface area is 613 Å². The Kier molecular flexibility index (Phi) is 33.8. The van der Waals surface area contributed by atoms with E-state index in [1.165, 1.54) is 140 Å². The molecular weight excluding hydrogens is 1210 g/mol. The van der Waals surface area contributed by atoms with Gasteiger partial charge in [0.2, 0.25) is 34.2 Å². The topological polar surface area (TPSA) is 23.3 Å². The third-order valence-electron chi connectivity index (χ3n) is 18.0. The van der Waals surface area contributed by atoms with Crippen LogP contribution in [-0.2, 0) is 42.3 Å². The molecule has 0 saturated heterocycles. The number of hydrogen-bond acceptors (Lipinski definition) is 0. The Morgan fingerprint density at radius 3 is 1.04 bits per heavy atom. The minimum Gasteiger partial charge on any atom is -0.201 e. The van der Waals surface area contributed by atoms with Crippen molar-refractivity contribution in [3.05, 3.63) is 320 Å². The second-order valence-corrected chi connectivity index (χ2v) is 25.4. The van der Waals surface area contributed by atoms with Crippen LogP contribution in [0.4, 0.5) is 0 Å². The van der Waals surface area contributed by atoms with Crippen LogP contribution in [0.3, 0.4) is 0 Å². The lowest BCUT2D eigenvalue weighted by molar-refractivity contribution is -0.666. The van der Waals surface area contributed by atoms with Crippen LogP contribution >= 0.6 is 0 Å². The summed E-state index contributed by atoms with van der Waals surface area (Å²) < 4.78 is 35.1. The first-order valence-corrected chi connectivity index (χ1v) is 32.7. The minimum absolute atomic E-state index is 0. The third kappa shape index (κ3) is 22.4. The second kappa shape index (κ2) is 40.9. The van der Waals surface area contributed by atoms with Gasteiger partial charge in [-0.3, -0.25) is 0 Å². The summed E-state index contributed by atoms with van der Waals surface area (Å²) in [6.45, 7) is 30.3. The van der Waals surface area contributed by atoms with Crippen LogP contribution in [0.5, 0.6) is 0 Å². The molecule has 12 rings (SSSR count). The van der Waals surface area contributed by atoms with Crippen LogP contribution in [-0.4, -0.2) is 0 Å². The van der Waals surface area contributed by atoms with Crippen LogP contribution < -0.4 is 27.4 Å². The van der Waals surface area contributed by atoms with E-state index in [0.29, 0.717) is 5.56 Å². The normalized spacial score (nSPS) is 10.4. The quantitative estimate of drug-likeness (QED) is 0.148. The first-order chi connectivity index (χ1) is 46.0. The fourth-order valence-electron chi connectivity index (χ4n) is 12.3. The van der Waals surface area contributed by atoms with Gasteiger partial charge in [-0.05, 0) is 209 Å². The van der Waals surface area contributed by atoms with E-state index in [9.17, 15) is 0 Å². The molecule has 100 heavy (non-hydrogen) atoms. The van der Waals surface area contributed by atoms with Crippen LogP contribution in [0.25, 0.3) is 67.5 Å². The molecule has 0 aliphatic heterocycles. The van der Waals surface area contributed by atoms with Gasteiger partial charge in [0.05, 0.1) is 0 Å². The molecule has 0 atom stereocenters. The molecule has 6 aromatic carbocycles. The Bertz CT molecular complexity index is 4670. The van der Waals surface area contributed by atoms with Crippen molar-refractivity contribution in [3.8, 4) is 67.5 Å². The SMILES string of the molecule is C.C.C.C.C.C.Cc1cc(-c2ccccc2C)[n+](C)cc1C.Cc1cc(C)c(-c2ccccc2C)[n+](C)c1.Cc1ccccc1-c1c(C)c(C)c(C)c[n+]1C.Cc1ccccc1-c1c(C)ccc[n+]1C.Cc1ccccc1-c1cccc(C)[n+]1C.[2H]C([2H])([2H])c1ccc(-c2ccccc2C)[n+](C)c1. The van der Waals surface area contributed by atoms with Crippen molar-refractivity contribution < 1.29 is 31.5 Å². The van der Waals surface area contributed by atoms with E-state index in [1.54, 1.807) is 12.3 Å². The van der Waals surface area contributed by atoms with Gasteiger partial charge in [0.25, 0.3) is 0 Å². The maximum atomic E-state index is 7.41. The van der Waals surface area contributed by atoms with Crippen molar-refractivity contribution >= 4 is 0 Å². The predicted octanol–water partition coefficient (Wildman–Crippen LogP) is 21.8. The van der Waals surface area contributed by atoms with Gasteiger partial charge in [-0.2, -0.15) is 4.57 Å². The number of aryl methyl sites for hydroxylation is 19. The highest BCUT2D eigenvalue weighted by Gasteiger charge is 2.21. The van der Waals surface area contributed by atoms with Crippen molar-refractivity contribution in [2.75, 3.05) is 0 Å². The molecular formula is C94H128N6+6. The number of pyridine rings is 6. The Morgan fingerprint density at radius 2 is 0.610 bits per heavy atom. The molecule has 528 valence electrons. The molecule has 0 unspecified atom stereocenters. The van der Waals surface area contributed by atoms with Crippen LogP contribution in [0.2, 0.25) is 0 Å². The summed E-state index contributed by atoms with van der Waals surface area (Å²) in [6, 6.07) is 69.4. The maximum Gasteiger partial charge on any atom is 0.215 e. The van der Waals surface area contributed by atoms with Crippen molar-refractivity contribution in [3.63, 3.8) is 0 Å². The van der Waals surface area contributed by atoms with E-state index < -0.39 is 6.85 Å². The first kappa shape index (κ1) is 82.6. The lowest BCUT2D eigenvalue weighted by Gasteiger charge is -2.10. The molecule has 0 spiro atoms. The Balaban J connectivity index is 0.000000611. The second-order valence-electron chi connectivity index (χ2n) is 25.4. The van der Waals surface area contributed by atoms with E-state index in [1.807, 2.05) is 48.9 Å². The molecule has 0 N–H and O–H groups in total. The number of aromatic nitrogens is 6. The minimum atomic E-state index is -2.05. The van der Waals surface area contributed by atoms with E-state index >= 15 is 0 Å². The summed E-state index contributed by atoms with van der Waals surface area (Å²) in [5.41, 5.74) is 35.4. The van der Waals surface area contributed by atoms with E-state index in [0.717, 1.165) is 11.3 Å². The van der Waals surface area contributed by atoms with Gasteiger partial charge in [-0.1, -0.05) is 154 Å². The highest BCUT2D eigenvalue weighted by atomic mass is 15.0. The number of hydrogen-bond donors (Lipinski definition) is 0. The molecule has 6 aromatic heterocycles. The summed E-state index contributed by atoms with van der Waals surface area (Å²) in [6.07, 6.45) is 10.3. The summed E-state index contributed by atoms with van der Waals surface area (Å²) in [7, 11) is 12.4. The smallest absolute Gasteiger partial charge is 0.201 e. The largest absolute Gasteiger partial charge is 0.215 e. The molecule has 12 aromatic rings. The molecule has 0 fully saturated rings.